The highest BCUT2D eigenvalue weighted by Crippen LogP contribution is 2.28. The number of hydrogen-bond donors (Lipinski definition) is 0. The molecule has 1 aliphatic heterocycles. The van der Waals surface area contributed by atoms with Crippen LogP contribution < -0.4 is 9.47 Å². The van der Waals surface area contributed by atoms with Crippen LogP contribution in [0.25, 0.3) is 11.9 Å². The number of carbonyl (C=O) groups is 1. The number of esters is 1. The Bertz CT molecular complexity index is 1180. The summed E-state index contributed by atoms with van der Waals surface area (Å²) >= 11 is 0. The van der Waals surface area contributed by atoms with E-state index in [-0.39, 0.29) is 11.6 Å². The molecule has 1 aliphatic rings. The van der Waals surface area contributed by atoms with E-state index in [2.05, 4.69) is 10.1 Å². The molecule has 0 saturated carbocycles. The molecule has 0 saturated heterocycles. The molecule has 0 spiro atoms. The van der Waals surface area contributed by atoms with Crippen LogP contribution in [0.4, 0.5) is 0 Å². The fraction of sp³-hybridized carbons (Fsp3) is 0.227. The Balaban J connectivity index is 1.72. The van der Waals surface area contributed by atoms with Crippen molar-refractivity contribution in [1.29, 1.82) is 0 Å². The number of nitrogens with zero attached hydrogens (tertiary/aromatic N) is 3. The van der Waals surface area contributed by atoms with E-state index in [4.69, 9.17) is 18.7 Å². The lowest BCUT2D eigenvalue weighted by Gasteiger charge is -2.07. The van der Waals surface area contributed by atoms with Crippen molar-refractivity contribution in [2.75, 3.05) is 14.2 Å². The van der Waals surface area contributed by atoms with Crippen molar-refractivity contribution in [2.24, 2.45) is 4.99 Å². The first-order valence-corrected chi connectivity index (χ1v) is 9.28. The topological polar surface area (TPSA) is 88.1 Å². The molecular formula is C22H21N3O5. The van der Waals surface area contributed by atoms with E-state index in [1.54, 1.807) is 38.5 Å². The van der Waals surface area contributed by atoms with E-state index in [0.29, 0.717) is 22.9 Å². The number of rotatable bonds is 5. The quantitative estimate of drug-likeness (QED) is 0.473. The van der Waals surface area contributed by atoms with Crippen LogP contribution in [0, 0.1) is 20.8 Å². The first-order valence-electron chi connectivity index (χ1n) is 9.28. The highest BCUT2D eigenvalue weighted by molar-refractivity contribution is 6.13. The third-order valence-electron chi connectivity index (χ3n) is 4.83. The minimum Gasteiger partial charge on any atom is -0.497 e. The number of aryl methyl sites for hydroxylation is 2. The summed E-state index contributed by atoms with van der Waals surface area (Å²) in [6, 6.07) is 9.01. The van der Waals surface area contributed by atoms with Crippen molar-refractivity contribution >= 4 is 17.9 Å². The third-order valence-corrected chi connectivity index (χ3v) is 4.83. The second kappa shape index (κ2) is 7.55. The van der Waals surface area contributed by atoms with E-state index in [1.165, 1.54) is 0 Å². The molecule has 4 rings (SSSR count). The van der Waals surface area contributed by atoms with Crippen molar-refractivity contribution in [1.82, 2.24) is 9.72 Å². The number of aliphatic imine (C=N–C) groups is 1. The maximum Gasteiger partial charge on any atom is 0.363 e. The normalized spacial score (nSPS) is 14.8. The maximum absolute atomic E-state index is 12.4. The molecule has 0 amide bonds. The van der Waals surface area contributed by atoms with Crippen molar-refractivity contribution in [3.05, 3.63) is 64.3 Å². The second-order valence-corrected chi connectivity index (χ2v) is 6.90. The zero-order valence-corrected chi connectivity index (χ0v) is 17.3. The molecule has 0 bridgehead atoms. The minimum absolute atomic E-state index is 0.199. The van der Waals surface area contributed by atoms with Crippen LogP contribution >= 0.6 is 0 Å². The number of aromatic nitrogens is 2. The first-order chi connectivity index (χ1) is 14.4. The third kappa shape index (κ3) is 3.47. The molecule has 3 aromatic rings. The van der Waals surface area contributed by atoms with Gasteiger partial charge in [0.2, 0.25) is 5.90 Å². The molecule has 154 valence electrons. The highest BCUT2D eigenvalue weighted by Gasteiger charge is 2.26. The van der Waals surface area contributed by atoms with Gasteiger partial charge in [-0.05, 0) is 50.6 Å². The Morgan fingerprint density at radius 2 is 1.70 bits per heavy atom. The van der Waals surface area contributed by atoms with E-state index in [1.807, 2.05) is 37.5 Å². The van der Waals surface area contributed by atoms with E-state index in [9.17, 15) is 4.79 Å². The van der Waals surface area contributed by atoms with Gasteiger partial charge in [-0.1, -0.05) is 5.16 Å². The van der Waals surface area contributed by atoms with Gasteiger partial charge < -0.3 is 18.7 Å². The van der Waals surface area contributed by atoms with Gasteiger partial charge in [-0.3, -0.25) is 4.57 Å². The molecule has 0 aliphatic carbocycles. The average Bonchev–Trinajstić information content (AvgIpc) is 3.39. The fourth-order valence-corrected chi connectivity index (χ4v) is 3.36. The Labute approximate surface area is 173 Å². The van der Waals surface area contributed by atoms with Gasteiger partial charge in [-0.15, -0.1) is 0 Å². The fourth-order valence-electron chi connectivity index (χ4n) is 3.36. The maximum atomic E-state index is 12.4. The van der Waals surface area contributed by atoms with Gasteiger partial charge in [0.25, 0.3) is 0 Å². The summed E-state index contributed by atoms with van der Waals surface area (Å²) in [7, 11) is 3.11. The zero-order valence-electron chi connectivity index (χ0n) is 17.3. The highest BCUT2D eigenvalue weighted by atomic mass is 16.6. The largest absolute Gasteiger partial charge is 0.497 e. The van der Waals surface area contributed by atoms with Crippen molar-refractivity contribution in [3.63, 3.8) is 0 Å². The molecule has 8 nitrogen and oxygen atoms in total. The molecule has 0 atom stereocenters. The molecule has 2 aromatic heterocycles. The zero-order chi connectivity index (χ0) is 21.4. The van der Waals surface area contributed by atoms with Gasteiger partial charge >= 0.3 is 5.97 Å². The second-order valence-electron chi connectivity index (χ2n) is 6.90. The molecular weight excluding hydrogens is 386 g/mol. The number of ether oxygens (including phenoxy) is 3. The molecule has 0 N–H and O–H groups in total. The summed E-state index contributed by atoms with van der Waals surface area (Å²) in [6.45, 7) is 5.75. The number of carbonyl (C=O) groups excluding carboxylic acids is 1. The van der Waals surface area contributed by atoms with E-state index < -0.39 is 5.97 Å². The van der Waals surface area contributed by atoms with Gasteiger partial charge in [0.05, 0.1) is 14.2 Å². The predicted octanol–water partition coefficient (Wildman–Crippen LogP) is 3.75. The summed E-state index contributed by atoms with van der Waals surface area (Å²) in [4.78, 5) is 16.8. The molecule has 1 aromatic carbocycles. The lowest BCUT2D eigenvalue weighted by molar-refractivity contribution is -0.129. The van der Waals surface area contributed by atoms with E-state index in [0.717, 1.165) is 22.7 Å². The van der Waals surface area contributed by atoms with Gasteiger partial charge in [0.1, 0.15) is 17.3 Å². The van der Waals surface area contributed by atoms with Crippen LogP contribution in [0.3, 0.4) is 0 Å². The lowest BCUT2D eigenvalue weighted by atomic mass is 10.2. The van der Waals surface area contributed by atoms with Crippen LogP contribution in [0.1, 0.15) is 28.3 Å². The molecule has 0 unspecified atom stereocenters. The van der Waals surface area contributed by atoms with Crippen molar-refractivity contribution in [2.45, 2.75) is 20.8 Å². The SMILES string of the molecule is COc1cc(OC)cc(C2=N/C(=C\c3cc(C)n(-c4cc(C)on4)c3C)C(=O)O2)c1. The van der Waals surface area contributed by atoms with E-state index >= 15 is 0 Å². The first kappa shape index (κ1) is 19.5. The number of methoxy groups -OCH3 is 2. The number of hydrogen-bond acceptors (Lipinski definition) is 7. The summed E-state index contributed by atoms with van der Waals surface area (Å²) < 4.78 is 23.1. The van der Waals surface area contributed by atoms with Crippen LogP contribution in [0.15, 0.2) is 45.5 Å². The Morgan fingerprint density at radius 1 is 1.00 bits per heavy atom. The van der Waals surface area contributed by atoms with Gasteiger partial charge in [-0.25, -0.2) is 9.79 Å². The number of cyclic esters (lactones) is 1. The van der Waals surface area contributed by atoms with Crippen LogP contribution in [0.5, 0.6) is 11.5 Å². The minimum atomic E-state index is -0.520. The van der Waals surface area contributed by atoms with Gasteiger partial charge in [0, 0.05) is 29.1 Å². The van der Waals surface area contributed by atoms with Crippen LogP contribution in [-0.2, 0) is 9.53 Å². The smallest absolute Gasteiger partial charge is 0.363 e. The Morgan fingerprint density at radius 3 is 2.30 bits per heavy atom. The van der Waals surface area contributed by atoms with Crippen LogP contribution in [0.2, 0.25) is 0 Å². The molecule has 8 heteroatoms. The van der Waals surface area contributed by atoms with Crippen molar-refractivity contribution < 1.29 is 23.5 Å². The molecule has 3 heterocycles. The number of benzene rings is 1. The average molecular weight is 407 g/mol. The summed E-state index contributed by atoms with van der Waals surface area (Å²) in [5.41, 5.74) is 3.51. The predicted molar refractivity (Wildman–Crippen MR) is 110 cm³/mol. The Kier molecular flexibility index (Phi) is 4.91. The Hall–Kier alpha value is -3.81. The lowest BCUT2D eigenvalue weighted by Crippen LogP contribution is -2.06. The molecule has 0 fully saturated rings. The van der Waals surface area contributed by atoms with Gasteiger partial charge in [0.15, 0.2) is 11.5 Å². The summed E-state index contributed by atoms with van der Waals surface area (Å²) in [5.74, 6) is 2.24. The van der Waals surface area contributed by atoms with Crippen molar-refractivity contribution in [3.8, 4) is 17.3 Å². The van der Waals surface area contributed by atoms with Gasteiger partial charge in [-0.2, -0.15) is 0 Å². The molecule has 30 heavy (non-hydrogen) atoms. The summed E-state index contributed by atoms with van der Waals surface area (Å²) in [5, 5.41) is 4.08. The van der Waals surface area contributed by atoms with Crippen LogP contribution in [-0.4, -0.2) is 35.8 Å². The monoisotopic (exact) mass is 407 g/mol. The standard InChI is InChI=1S/C22H21N3O5/c1-12-6-15(14(3)25(12)20-7-13(2)30-24-20)10-19-22(26)29-21(23-19)16-8-17(27-4)11-18(9-16)28-5/h6-11H,1-5H3/b19-10-. The molecule has 0 radical (unpaired) electrons. The summed E-state index contributed by atoms with van der Waals surface area (Å²) in [6.07, 6.45) is 1.71.